The second-order valence-corrected chi connectivity index (χ2v) is 7.40. The number of nitrogens with zero attached hydrogens (tertiary/aromatic N) is 1. The van der Waals surface area contributed by atoms with Gasteiger partial charge in [0.2, 0.25) is 10.0 Å². The molecule has 0 aromatic heterocycles. The lowest BCUT2D eigenvalue weighted by Gasteiger charge is -2.14. The molecule has 1 saturated heterocycles. The number of methoxy groups -OCH3 is 1. The molecule has 0 radical (unpaired) electrons. The van der Waals surface area contributed by atoms with Gasteiger partial charge in [-0.25, -0.2) is 13.1 Å². The van der Waals surface area contributed by atoms with Crippen molar-refractivity contribution in [2.45, 2.75) is 18.6 Å². The minimum atomic E-state index is -3.17. The summed E-state index contributed by atoms with van der Waals surface area (Å²) in [5.74, 6) is 0.841. The van der Waals surface area contributed by atoms with E-state index < -0.39 is 10.0 Å². The third-order valence-electron chi connectivity index (χ3n) is 3.81. The number of hydrogen-bond donors (Lipinski definition) is 1. The van der Waals surface area contributed by atoms with Crippen molar-refractivity contribution in [3.05, 3.63) is 35.9 Å². The van der Waals surface area contributed by atoms with Crippen molar-refractivity contribution in [1.29, 1.82) is 0 Å². The number of ether oxygens (including phenoxy) is 1. The summed E-state index contributed by atoms with van der Waals surface area (Å²) in [6, 6.07) is 7.83. The first-order valence-corrected chi connectivity index (χ1v) is 9.12. The summed E-state index contributed by atoms with van der Waals surface area (Å²) in [6.07, 6.45) is 4.77. The summed E-state index contributed by atoms with van der Waals surface area (Å²) in [4.78, 5) is 2.16. The number of benzene rings is 1. The van der Waals surface area contributed by atoms with Gasteiger partial charge in [0.1, 0.15) is 5.75 Å². The molecule has 1 aliphatic rings. The van der Waals surface area contributed by atoms with Gasteiger partial charge in [-0.2, -0.15) is 0 Å². The number of likely N-dealkylation sites (tertiary alicyclic amines) is 1. The molecule has 5 nitrogen and oxygen atoms in total. The highest BCUT2D eigenvalue weighted by Crippen LogP contribution is 2.19. The highest BCUT2D eigenvalue weighted by Gasteiger charge is 2.31. The summed E-state index contributed by atoms with van der Waals surface area (Å²) >= 11 is 0. The molecule has 1 aliphatic heterocycles. The monoisotopic (exact) mass is 324 g/mol. The summed E-state index contributed by atoms with van der Waals surface area (Å²) in [5.41, 5.74) is 1.03. The Labute approximate surface area is 133 Å². The van der Waals surface area contributed by atoms with Gasteiger partial charge in [-0.15, -0.1) is 0 Å². The smallest absolute Gasteiger partial charge is 0.215 e. The molecular weight excluding hydrogens is 300 g/mol. The van der Waals surface area contributed by atoms with E-state index in [9.17, 15) is 8.42 Å². The third kappa shape index (κ3) is 4.32. The van der Waals surface area contributed by atoms with E-state index in [0.717, 1.165) is 24.4 Å². The van der Waals surface area contributed by atoms with Crippen molar-refractivity contribution in [1.82, 2.24) is 9.62 Å². The van der Waals surface area contributed by atoms with E-state index in [4.69, 9.17) is 4.74 Å². The Morgan fingerprint density at radius 2 is 2.18 bits per heavy atom. The maximum atomic E-state index is 12.0. The zero-order valence-corrected chi connectivity index (χ0v) is 14.0. The summed E-state index contributed by atoms with van der Waals surface area (Å²) in [6.45, 7) is 4.40. The lowest BCUT2D eigenvalue weighted by molar-refractivity contribution is 0.377. The number of rotatable bonds is 7. The Morgan fingerprint density at radius 1 is 1.41 bits per heavy atom. The molecular formula is C16H24N2O3S. The van der Waals surface area contributed by atoms with Crippen LogP contribution in [0.3, 0.4) is 0 Å². The number of hydrogen-bond acceptors (Lipinski definition) is 4. The molecule has 6 heteroatoms. The van der Waals surface area contributed by atoms with Crippen LogP contribution in [0.1, 0.15) is 18.9 Å². The fourth-order valence-corrected chi connectivity index (χ4v) is 4.13. The quantitative estimate of drug-likeness (QED) is 0.830. The standard InChI is InChI=1S/C16H24N2O3S/c1-3-17-22(19,20)15-10-12-18(13-15)11-6-8-14-7-4-5-9-16(14)21-2/h4-9,15,17H,3,10-13H2,1-2H3. The van der Waals surface area contributed by atoms with E-state index in [-0.39, 0.29) is 5.25 Å². The maximum absolute atomic E-state index is 12.0. The van der Waals surface area contributed by atoms with Crippen molar-refractivity contribution >= 4 is 16.1 Å². The number of nitrogens with one attached hydrogen (secondary N) is 1. The van der Waals surface area contributed by atoms with Gasteiger partial charge in [-0.05, 0) is 19.0 Å². The molecule has 1 fully saturated rings. The van der Waals surface area contributed by atoms with Gasteiger partial charge in [-0.1, -0.05) is 37.3 Å². The fourth-order valence-electron chi connectivity index (χ4n) is 2.67. The first kappa shape index (κ1) is 17.0. The second kappa shape index (κ2) is 7.76. The molecule has 0 spiro atoms. The molecule has 0 aliphatic carbocycles. The molecule has 1 N–H and O–H groups in total. The molecule has 122 valence electrons. The molecule has 0 bridgehead atoms. The highest BCUT2D eigenvalue weighted by molar-refractivity contribution is 7.90. The van der Waals surface area contributed by atoms with Gasteiger partial charge in [0.05, 0.1) is 12.4 Å². The molecule has 1 aromatic rings. The van der Waals surface area contributed by atoms with Crippen LogP contribution in [0.2, 0.25) is 0 Å². The van der Waals surface area contributed by atoms with E-state index in [0.29, 0.717) is 19.5 Å². The zero-order valence-electron chi connectivity index (χ0n) is 13.2. The first-order valence-electron chi connectivity index (χ1n) is 7.57. The average Bonchev–Trinajstić information content (AvgIpc) is 2.97. The van der Waals surface area contributed by atoms with Crippen LogP contribution in [0, 0.1) is 0 Å². The minimum Gasteiger partial charge on any atom is -0.496 e. The predicted octanol–water partition coefficient (Wildman–Crippen LogP) is 1.72. The lowest BCUT2D eigenvalue weighted by Crippen LogP contribution is -2.36. The zero-order chi connectivity index (χ0) is 16.0. The lowest BCUT2D eigenvalue weighted by atomic mass is 10.2. The van der Waals surface area contributed by atoms with Gasteiger partial charge in [0.25, 0.3) is 0 Å². The molecule has 0 saturated carbocycles. The van der Waals surface area contributed by atoms with Crippen molar-refractivity contribution in [3.8, 4) is 5.75 Å². The Morgan fingerprint density at radius 3 is 2.91 bits per heavy atom. The van der Waals surface area contributed by atoms with Crippen molar-refractivity contribution in [2.75, 3.05) is 33.3 Å². The Hall–Kier alpha value is -1.37. The minimum absolute atomic E-state index is 0.299. The summed E-state index contributed by atoms with van der Waals surface area (Å²) < 4.78 is 31.9. The van der Waals surface area contributed by atoms with Crippen LogP contribution in [0.4, 0.5) is 0 Å². The Balaban J connectivity index is 1.90. The highest BCUT2D eigenvalue weighted by atomic mass is 32.2. The van der Waals surface area contributed by atoms with Crippen LogP contribution in [0.5, 0.6) is 5.75 Å². The van der Waals surface area contributed by atoms with Crippen LogP contribution < -0.4 is 9.46 Å². The molecule has 1 atom stereocenters. The summed E-state index contributed by atoms with van der Waals surface area (Å²) in [7, 11) is -1.51. The first-order chi connectivity index (χ1) is 10.6. The third-order valence-corrected chi connectivity index (χ3v) is 5.77. The van der Waals surface area contributed by atoms with Gasteiger partial charge >= 0.3 is 0 Å². The van der Waals surface area contributed by atoms with Crippen molar-refractivity contribution in [3.63, 3.8) is 0 Å². The Kier molecular flexibility index (Phi) is 5.99. The van der Waals surface area contributed by atoms with Crippen LogP contribution in [0.15, 0.2) is 30.3 Å². The molecule has 22 heavy (non-hydrogen) atoms. The van der Waals surface area contributed by atoms with Gasteiger partial charge in [0.15, 0.2) is 0 Å². The predicted molar refractivity (Wildman–Crippen MR) is 89.5 cm³/mol. The molecule has 1 aromatic carbocycles. The van der Waals surface area contributed by atoms with Gasteiger partial charge in [-0.3, -0.25) is 4.90 Å². The topological polar surface area (TPSA) is 58.6 Å². The van der Waals surface area contributed by atoms with Crippen molar-refractivity contribution < 1.29 is 13.2 Å². The Bertz CT molecular complexity index is 614. The second-order valence-electron chi connectivity index (χ2n) is 5.36. The van der Waals surface area contributed by atoms with Crippen LogP contribution in [-0.2, 0) is 10.0 Å². The van der Waals surface area contributed by atoms with Crippen LogP contribution in [0.25, 0.3) is 6.08 Å². The normalized spacial score (nSPS) is 19.8. The molecule has 0 amide bonds. The maximum Gasteiger partial charge on any atom is 0.215 e. The van der Waals surface area contributed by atoms with E-state index in [1.54, 1.807) is 14.0 Å². The molecule has 2 rings (SSSR count). The van der Waals surface area contributed by atoms with Gasteiger partial charge in [0, 0.05) is 25.2 Å². The largest absolute Gasteiger partial charge is 0.496 e. The van der Waals surface area contributed by atoms with Crippen LogP contribution >= 0.6 is 0 Å². The van der Waals surface area contributed by atoms with Crippen molar-refractivity contribution in [2.24, 2.45) is 0 Å². The van der Waals surface area contributed by atoms with E-state index in [1.165, 1.54) is 0 Å². The molecule has 1 heterocycles. The molecule has 1 unspecified atom stereocenters. The SMILES string of the molecule is CCNS(=O)(=O)C1CCN(CC=Cc2ccccc2OC)C1. The van der Waals surface area contributed by atoms with Crippen LogP contribution in [-0.4, -0.2) is 51.9 Å². The van der Waals surface area contributed by atoms with E-state index in [1.807, 2.05) is 30.3 Å². The summed E-state index contributed by atoms with van der Waals surface area (Å²) in [5, 5.41) is -0.299. The fraction of sp³-hybridized carbons (Fsp3) is 0.500. The van der Waals surface area contributed by atoms with Gasteiger partial charge < -0.3 is 4.74 Å². The van der Waals surface area contributed by atoms with E-state index >= 15 is 0 Å². The number of para-hydroxylation sites is 1. The number of sulfonamides is 1. The van der Waals surface area contributed by atoms with E-state index in [2.05, 4.69) is 15.7 Å². The average molecular weight is 324 g/mol.